The van der Waals surface area contributed by atoms with Crippen molar-refractivity contribution in [2.75, 3.05) is 13.2 Å². The first kappa shape index (κ1) is 17.0. The van der Waals surface area contributed by atoms with Gasteiger partial charge in [-0.1, -0.05) is 6.42 Å². The van der Waals surface area contributed by atoms with Gasteiger partial charge in [0.15, 0.2) is 0 Å². The summed E-state index contributed by atoms with van der Waals surface area (Å²) in [6.45, 7) is 14.6. The van der Waals surface area contributed by atoms with Crippen molar-refractivity contribution in [2.45, 2.75) is 84.8 Å². The lowest BCUT2D eigenvalue weighted by Crippen LogP contribution is -2.26. The zero-order chi connectivity index (χ0) is 14.5. The first-order chi connectivity index (χ1) is 8.66. The minimum atomic E-state index is 0.0651. The van der Waals surface area contributed by atoms with Gasteiger partial charge >= 0.3 is 0 Å². The molecule has 2 saturated carbocycles. The maximum absolute atomic E-state index is 5.63. The second kappa shape index (κ2) is 7.08. The summed E-state index contributed by atoms with van der Waals surface area (Å²) in [6.07, 6.45) is 6.95. The van der Waals surface area contributed by atoms with Gasteiger partial charge in [-0.15, -0.1) is 0 Å². The van der Waals surface area contributed by atoms with Crippen LogP contribution in [0.5, 0.6) is 0 Å². The Morgan fingerprint density at radius 2 is 1.05 bits per heavy atom. The lowest BCUT2D eigenvalue weighted by Gasteiger charge is -2.29. The molecule has 19 heavy (non-hydrogen) atoms. The number of hydrogen-bond acceptors (Lipinski definition) is 2. The van der Waals surface area contributed by atoms with Gasteiger partial charge in [-0.05, 0) is 79.1 Å². The lowest BCUT2D eigenvalue weighted by molar-refractivity contribution is -0.0353. The Morgan fingerprint density at radius 1 is 0.684 bits per heavy atom. The van der Waals surface area contributed by atoms with Crippen molar-refractivity contribution in [3.8, 4) is 0 Å². The molecule has 0 unspecified atom stereocenters. The maximum atomic E-state index is 5.63. The van der Waals surface area contributed by atoms with Crippen LogP contribution in [0.15, 0.2) is 0 Å². The highest BCUT2D eigenvalue weighted by atomic mass is 16.5. The molecule has 0 heterocycles. The summed E-state index contributed by atoms with van der Waals surface area (Å²) in [6, 6.07) is 0. The predicted molar refractivity (Wildman–Crippen MR) is 81.5 cm³/mol. The van der Waals surface area contributed by atoms with Gasteiger partial charge in [0.1, 0.15) is 0 Å². The van der Waals surface area contributed by atoms with E-state index in [0.29, 0.717) is 0 Å². The van der Waals surface area contributed by atoms with Crippen LogP contribution in [0.1, 0.15) is 73.6 Å². The van der Waals surface area contributed by atoms with E-state index in [1.807, 2.05) is 0 Å². The molecular formula is C17H34O2. The SMILES string of the molecule is CC(C)(C)OCC1CC1.CC(C)(C)OCC1CCC1. The minimum Gasteiger partial charge on any atom is -0.376 e. The van der Waals surface area contributed by atoms with Crippen molar-refractivity contribution in [1.29, 1.82) is 0 Å². The van der Waals surface area contributed by atoms with Gasteiger partial charge in [-0.25, -0.2) is 0 Å². The normalized spacial score (nSPS) is 20.5. The highest BCUT2D eigenvalue weighted by Crippen LogP contribution is 2.30. The van der Waals surface area contributed by atoms with Gasteiger partial charge in [-0.3, -0.25) is 0 Å². The average molecular weight is 270 g/mol. The van der Waals surface area contributed by atoms with Crippen molar-refractivity contribution in [2.24, 2.45) is 11.8 Å². The highest BCUT2D eigenvalue weighted by molar-refractivity contribution is 4.73. The van der Waals surface area contributed by atoms with Crippen LogP contribution >= 0.6 is 0 Å². The van der Waals surface area contributed by atoms with E-state index in [-0.39, 0.29) is 11.2 Å². The summed E-state index contributed by atoms with van der Waals surface area (Å²) in [7, 11) is 0. The maximum Gasteiger partial charge on any atom is 0.0598 e. The van der Waals surface area contributed by atoms with E-state index in [0.717, 1.165) is 25.0 Å². The van der Waals surface area contributed by atoms with Gasteiger partial charge in [0, 0.05) is 0 Å². The van der Waals surface area contributed by atoms with Gasteiger partial charge in [0.2, 0.25) is 0 Å². The van der Waals surface area contributed by atoms with E-state index in [9.17, 15) is 0 Å². The van der Waals surface area contributed by atoms with E-state index in [1.165, 1.54) is 32.1 Å². The molecule has 0 saturated heterocycles. The molecule has 2 rings (SSSR count). The predicted octanol–water partition coefficient (Wildman–Crippen LogP) is 4.81. The molecule has 0 atom stereocenters. The number of ether oxygens (including phenoxy) is 2. The summed E-state index contributed by atoms with van der Waals surface area (Å²) in [5.74, 6) is 1.77. The molecule has 0 aliphatic heterocycles. The van der Waals surface area contributed by atoms with E-state index in [1.54, 1.807) is 0 Å². The van der Waals surface area contributed by atoms with Crippen LogP contribution < -0.4 is 0 Å². The summed E-state index contributed by atoms with van der Waals surface area (Å²) in [4.78, 5) is 0. The van der Waals surface area contributed by atoms with Crippen molar-refractivity contribution in [3.05, 3.63) is 0 Å². The third-order valence-electron chi connectivity index (χ3n) is 3.43. The molecule has 2 heteroatoms. The topological polar surface area (TPSA) is 18.5 Å². The Morgan fingerprint density at radius 3 is 1.26 bits per heavy atom. The average Bonchev–Trinajstić information content (AvgIpc) is 2.93. The third kappa shape index (κ3) is 10.4. The quantitative estimate of drug-likeness (QED) is 0.729. The Hall–Kier alpha value is -0.0800. The van der Waals surface area contributed by atoms with Crippen LogP contribution in [-0.4, -0.2) is 24.4 Å². The molecule has 0 N–H and O–H groups in total. The zero-order valence-electron chi connectivity index (χ0n) is 13.9. The fourth-order valence-corrected chi connectivity index (χ4v) is 1.68. The number of rotatable bonds is 4. The van der Waals surface area contributed by atoms with Crippen LogP contribution in [0.2, 0.25) is 0 Å². The van der Waals surface area contributed by atoms with Crippen molar-refractivity contribution in [1.82, 2.24) is 0 Å². The summed E-state index contributed by atoms with van der Waals surface area (Å²) < 4.78 is 11.2. The molecule has 2 nitrogen and oxygen atoms in total. The van der Waals surface area contributed by atoms with Crippen LogP contribution in [0, 0.1) is 11.8 Å². The van der Waals surface area contributed by atoms with Crippen LogP contribution in [0.25, 0.3) is 0 Å². The van der Waals surface area contributed by atoms with Crippen LogP contribution in [-0.2, 0) is 9.47 Å². The molecule has 2 aliphatic carbocycles. The third-order valence-corrected chi connectivity index (χ3v) is 3.43. The molecule has 114 valence electrons. The van der Waals surface area contributed by atoms with Gasteiger partial charge in [0.25, 0.3) is 0 Å². The van der Waals surface area contributed by atoms with Gasteiger partial charge in [-0.2, -0.15) is 0 Å². The van der Waals surface area contributed by atoms with Gasteiger partial charge in [0.05, 0.1) is 24.4 Å². The minimum absolute atomic E-state index is 0.0651. The molecule has 2 fully saturated rings. The van der Waals surface area contributed by atoms with Gasteiger partial charge < -0.3 is 9.47 Å². The summed E-state index contributed by atoms with van der Waals surface area (Å²) in [5, 5.41) is 0. The second-order valence-corrected chi connectivity index (χ2v) is 8.09. The molecule has 0 bridgehead atoms. The summed E-state index contributed by atoms with van der Waals surface area (Å²) in [5.41, 5.74) is 0.137. The Balaban J connectivity index is 0.000000191. The Kier molecular flexibility index (Phi) is 6.32. The fourth-order valence-electron chi connectivity index (χ4n) is 1.68. The first-order valence-corrected chi connectivity index (χ1v) is 7.94. The molecule has 0 amide bonds. The van der Waals surface area contributed by atoms with E-state index in [2.05, 4.69) is 41.5 Å². The van der Waals surface area contributed by atoms with E-state index >= 15 is 0 Å². The van der Waals surface area contributed by atoms with E-state index in [4.69, 9.17) is 9.47 Å². The van der Waals surface area contributed by atoms with Crippen LogP contribution in [0.3, 0.4) is 0 Å². The van der Waals surface area contributed by atoms with E-state index < -0.39 is 0 Å². The standard InChI is InChI=1S/C9H18O.C8H16O/c1-9(2,3)10-7-8-5-4-6-8;1-8(2,3)9-6-7-4-5-7/h8H,4-7H2,1-3H3;7H,4-6H2,1-3H3. The smallest absolute Gasteiger partial charge is 0.0598 e. The first-order valence-electron chi connectivity index (χ1n) is 7.94. The molecule has 2 aliphatic rings. The molecule has 0 spiro atoms. The summed E-state index contributed by atoms with van der Waals surface area (Å²) >= 11 is 0. The highest BCUT2D eigenvalue weighted by Gasteiger charge is 2.23. The molecule has 0 radical (unpaired) electrons. The van der Waals surface area contributed by atoms with Crippen molar-refractivity contribution >= 4 is 0 Å². The lowest BCUT2D eigenvalue weighted by atomic mass is 9.86. The monoisotopic (exact) mass is 270 g/mol. The van der Waals surface area contributed by atoms with Crippen molar-refractivity contribution < 1.29 is 9.47 Å². The van der Waals surface area contributed by atoms with Crippen molar-refractivity contribution in [3.63, 3.8) is 0 Å². The molecular weight excluding hydrogens is 236 g/mol. The number of hydrogen-bond donors (Lipinski definition) is 0. The second-order valence-electron chi connectivity index (χ2n) is 8.09. The molecule has 0 aromatic carbocycles. The zero-order valence-corrected chi connectivity index (χ0v) is 13.9. The Labute approximate surface area is 120 Å². The largest absolute Gasteiger partial charge is 0.376 e. The van der Waals surface area contributed by atoms with Crippen LogP contribution in [0.4, 0.5) is 0 Å². The Bertz CT molecular complexity index is 239. The molecule has 0 aromatic rings. The fraction of sp³-hybridized carbons (Fsp3) is 1.00. The molecule has 0 aromatic heterocycles.